The van der Waals surface area contributed by atoms with Crippen LogP contribution in [-0.4, -0.2) is 42.5 Å². The van der Waals surface area contributed by atoms with E-state index in [9.17, 15) is 14.0 Å². The number of nitrogens with one attached hydrogen (secondary N) is 2. The van der Waals surface area contributed by atoms with Gasteiger partial charge in [-0.2, -0.15) is 0 Å². The molecule has 0 saturated carbocycles. The second kappa shape index (κ2) is 9.90. The van der Waals surface area contributed by atoms with Crippen LogP contribution in [0.4, 0.5) is 15.8 Å². The number of thiophene rings is 1. The molecular weight excluding hydrogens is 471 g/mol. The summed E-state index contributed by atoms with van der Waals surface area (Å²) in [5.74, 6) is -1.16. The topological polar surface area (TPSA) is 64.7 Å². The Kier molecular flexibility index (Phi) is 6.95. The molecule has 9 heteroatoms. The van der Waals surface area contributed by atoms with E-state index in [1.807, 2.05) is 60.8 Å². The fourth-order valence-electron chi connectivity index (χ4n) is 4.10. The molecule has 1 aliphatic rings. The van der Waals surface area contributed by atoms with Crippen molar-refractivity contribution in [2.24, 2.45) is 0 Å². The van der Waals surface area contributed by atoms with Gasteiger partial charge in [-0.05, 0) is 72.0 Å². The molecule has 2 heterocycles. The van der Waals surface area contributed by atoms with Gasteiger partial charge in [0.05, 0.1) is 6.42 Å². The van der Waals surface area contributed by atoms with Gasteiger partial charge in [0.15, 0.2) is 10.7 Å². The maximum atomic E-state index is 13.7. The summed E-state index contributed by atoms with van der Waals surface area (Å²) in [7, 11) is 3.87. The second-order valence-corrected chi connectivity index (χ2v) is 9.69. The van der Waals surface area contributed by atoms with Crippen molar-refractivity contribution in [1.29, 1.82) is 0 Å². The van der Waals surface area contributed by atoms with Crippen molar-refractivity contribution in [2.45, 2.75) is 18.4 Å². The van der Waals surface area contributed by atoms with Gasteiger partial charge in [-0.1, -0.05) is 18.2 Å². The van der Waals surface area contributed by atoms with E-state index in [0.29, 0.717) is 24.2 Å². The van der Waals surface area contributed by atoms with Crippen LogP contribution < -0.4 is 15.5 Å². The molecular formula is C25H25FN4O2S2. The van der Waals surface area contributed by atoms with Crippen LogP contribution in [0.15, 0.2) is 66.0 Å². The highest BCUT2D eigenvalue weighted by Gasteiger charge is 2.53. The summed E-state index contributed by atoms with van der Waals surface area (Å²) < 4.78 is 13.7. The molecule has 0 bridgehead atoms. The third kappa shape index (κ3) is 4.80. The van der Waals surface area contributed by atoms with E-state index in [4.69, 9.17) is 12.2 Å². The summed E-state index contributed by atoms with van der Waals surface area (Å²) in [6, 6.07) is 17.1. The molecule has 1 aliphatic heterocycles. The normalized spacial score (nSPS) is 17.6. The molecule has 1 atom stereocenters. The van der Waals surface area contributed by atoms with Crippen LogP contribution in [0.25, 0.3) is 0 Å². The molecule has 4 rings (SSSR count). The number of amides is 2. The lowest BCUT2D eigenvalue weighted by Crippen LogP contribution is -2.50. The predicted molar refractivity (Wildman–Crippen MR) is 138 cm³/mol. The summed E-state index contributed by atoms with van der Waals surface area (Å²) in [5, 5.41) is 7.87. The molecule has 0 aliphatic carbocycles. The van der Waals surface area contributed by atoms with Crippen LogP contribution in [0, 0.1) is 5.82 Å². The monoisotopic (exact) mass is 496 g/mol. The number of carbonyl (C=O) groups is 2. The van der Waals surface area contributed by atoms with Gasteiger partial charge in [-0.25, -0.2) is 4.39 Å². The minimum atomic E-state index is -1.38. The van der Waals surface area contributed by atoms with Gasteiger partial charge in [-0.15, -0.1) is 11.3 Å². The van der Waals surface area contributed by atoms with Crippen LogP contribution in [0.5, 0.6) is 0 Å². The molecule has 2 aromatic carbocycles. The molecule has 0 spiro atoms. The highest BCUT2D eigenvalue weighted by atomic mass is 32.1. The highest BCUT2D eigenvalue weighted by Crippen LogP contribution is 2.37. The Morgan fingerprint density at radius 2 is 1.85 bits per heavy atom. The summed E-state index contributed by atoms with van der Waals surface area (Å²) in [6.07, 6.45) is 0.480. The first kappa shape index (κ1) is 23.8. The lowest BCUT2D eigenvalue weighted by Gasteiger charge is -2.36. The minimum Gasteiger partial charge on any atom is -0.378 e. The number of nitrogens with zero attached hydrogens (tertiary/aromatic N) is 2. The van der Waals surface area contributed by atoms with Crippen LogP contribution in [0.1, 0.15) is 16.9 Å². The number of halogens is 1. The van der Waals surface area contributed by atoms with Gasteiger partial charge in [0.25, 0.3) is 5.91 Å². The number of carbonyl (C=O) groups excluding carboxylic acids is 2. The summed E-state index contributed by atoms with van der Waals surface area (Å²) >= 11 is 7.11. The zero-order valence-electron chi connectivity index (χ0n) is 18.9. The molecule has 34 heavy (non-hydrogen) atoms. The van der Waals surface area contributed by atoms with Crippen LogP contribution >= 0.6 is 23.6 Å². The molecule has 2 amide bonds. The highest BCUT2D eigenvalue weighted by molar-refractivity contribution is 7.80. The first-order valence-corrected chi connectivity index (χ1v) is 12.1. The van der Waals surface area contributed by atoms with Crippen LogP contribution in [-0.2, 0) is 21.5 Å². The minimum absolute atomic E-state index is 0.176. The zero-order valence-corrected chi connectivity index (χ0v) is 20.5. The Morgan fingerprint density at radius 1 is 1.15 bits per heavy atom. The average Bonchev–Trinajstić information content (AvgIpc) is 3.40. The van der Waals surface area contributed by atoms with Crippen molar-refractivity contribution in [3.63, 3.8) is 0 Å². The first-order chi connectivity index (χ1) is 16.3. The number of hydrogen-bond donors (Lipinski definition) is 2. The standard InChI is InChI=1S/C25H25FN4O2S2/c1-29(2)20-11-9-19(10-12-20)27-22(31)16-25(17-5-7-18(26)8-6-17)23(32)28-24(33)30(25)14-13-21-4-3-15-34-21/h3-12,15H,13-14,16H2,1-2H3,(H,27,31)(H,28,32,33). The Morgan fingerprint density at radius 3 is 2.47 bits per heavy atom. The maximum absolute atomic E-state index is 13.7. The lowest BCUT2D eigenvalue weighted by atomic mass is 9.84. The molecule has 1 saturated heterocycles. The van der Waals surface area contributed by atoms with Crippen LogP contribution in [0.2, 0.25) is 0 Å². The molecule has 3 aromatic rings. The first-order valence-electron chi connectivity index (χ1n) is 10.8. The summed E-state index contributed by atoms with van der Waals surface area (Å²) in [4.78, 5) is 31.4. The van der Waals surface area contributed by atoms with Crippen molar-refractivity contribution >= 4 is 51.9 Å². The molecule has 1 unspecified atom stereocenters. The van der Waals surface area contributed by atoms with E-state index in [1.54, 1.807) is 28.4 Å². The van der Waals surface area contributed by atoms with Gasteiger partial charge >= 0.3 is 0 Å². The molecule has 6 nitrogen and oxygen atoms in total. The number of thiocarbonyl (C=S) groups is 1. The summed E-state index contributed by atoms with van der Waals surface area (Å²) in [6.45, 7) is 0.431. The maximum Gasteiger partial charge on any atom is 0.257 e. The van der Waals surface area contributed by atoms with Crippen molar-refractivity contribution in [1.82, 2.24) is 10.2 Å². The van der Waals surface area contributed by atoms with Gasteiger partial charge in [0.2, 0.25) is 5.91 Å². The third-order valence-corrected chi connectivity index (χ3v) is 7.13. The Balaban J connectivity index is 1.64. The fraction of sp³-hybridized carbons (Fsp3) is 0.240. The van der Waals surface area contributed by atoms with E-state index in [-0.39, 0.29) is 17.4 Å². The Hall–Kier alpha value is -3.30. The van der Waals surface area contributed by atoms with Crippen molar-refractivity contribution in [3.8, 4) is 0 Å². The number of hydrogen-bond acceptors (Lipinski definition) is 5. The predicted octanol–water partition coefficient (Wildman–Crippen LogP) is 4.14. The third-order valence-electron chi connectivity index (χ3n) is 5.87. The fourth-order valence-corrected chi connectivity index (χ4v) is 5.14. The van der Waals surface area contributed by atoms with E-state index in [2.05, 4.69) is 10.6 Å². The second-order valence-electron chi connectivity index (χ2n) is 8.27. The van der Waals surface area contributed by atoms with Crippen molar-refractivity contribution < 1.29 is 14.0 Å². The molecule has 0 radical (unpaired) electrons. The number of rotatable bonds is 8. The SMILES string of the molecule is CN(C)c1ccc(NC(=O)CC2(c3ccc(F)cc3)C(=O)NC(=S)N2CCc2cccs2)cc1. The zero-order chi connectivity index (χ0) is 24.3. The smallest absolute Gasteiger partial charge is 0.257 e. The van der Waals surface area contributed by atoms with E-state index in [0.717, 1.165) is 10.6 Å². The molecule has 176 valence electrons. The van der Waals surface area contributed by atoms with Gasteiger partial charge in [0.1, 0.15) is 5.82 Å². The Bertz CT molecular complexity index is 1180. The molecule has 2 N–H and O–H groups in total. The summed E-state index contributed by atoms with van der Waals surface area (Å²) in [5.41, 5.74) is 0.753. The molecule has 1 aromatic heterocycles. The van der Waals surface area contributed by atoms with Gasteiger partial charge in [0, 0.05) is 36.9 Å². The Labute approximate surface area is 207 Å². The van der Waals surface area contributed by atoms with E-state index in [1.165, 1.54) is 12.1 Å². The largest absolute Gasteiger partial charge is 0.378 e. The number of anilines is 2. The van der Waals surface area contributed by atoms with Crippen molar-refractivity contribution in [3.05, 3.63) is 82.3 Å². The van der Waals surface area contributed by atoms with E-state index >= 15 is 0 Å². The van der Waals surface area contributed by atoms with Crippen molar-refractivity contribution in [2.75, 3.05) is 30.9 Å². The van der Waals surface area contributed by atoms with Gasteiger partial charge in [-0.3, -0.25) is 9.59 Å². The quantitative estimate of drug-likeness (QED) is 0.459. The van der Waals surface area contributed by atoms with Crippen LogP contribution in [0.3, 0.4) is 0 Å². The molecule has 1 fully saturated rings. The average molecular weight is 497 g/mol. The number of benzene rings is 2. The van der Waals surface area contributed by atoms with Gasteiger partial charge < -0.3 is 20.4 Å². The van der Waals surface area contributed by atoms with E-state index < -0.39 is 17.3 Å². The lowest BCUT2D eigenvalue weighted by molar-refractivity contribution is -0.131.